The minimum Gasteiger partial charge on any atom is -0.289 e. The lowest BCUT2D eigenvalue weighted by atomic mass is 9.82. The molecule has 0 saturated heterocycles. The van der Waals surface area contributed by atoms with Gasteiger partial charge in [-0.1, -0.05) is 74.5 Å². The van der Waals surface area contributed by atoms with Crippen LogP contribution in [0.5, 0.6) is 0 Å². The fourth-order valence-corrected chi connectivity index (χ4v) is 4.53. The zero-order valence-corrected chi connectivity index (χ0v) is 20.7. The average Bonchev–Trinajstić information content (AvgIpc) is 2.79. The molecule has 2 atom stereocenters. The number of hydrogen-bond acceptors (Lipinski definition) is 5. The van der Waals surface area contributed by atoms with Crippen molar-refractivity contribution in [2.75, 3.05) is 10.7 Å². The largest absolute Gasteiger partial charge is 0.289 e. The molecule has 0 radical (unpaired) electrons. The molecule has 0 bridgehead atoms. The van der Waals surface area contributed by atoms with Crippen molar-refractivity contribution in [1.29, 1.82) is 0 Å². The smallest absolute Gasteiger partial charge is 0.249 e. The van der Waals surface area contributed by atoms with Crippen molar-refractivity contribution in [2.24, 2.45) is 17.8 Å². The second-order valence-electron chi connectivity index (χ2n) is 8.66. The van der Waals surface area contributed by atoms with Crippen molar-refractivity contribution >= 4 is 33.6 Å². The van der Waals surface area contributed by atoms with Gasteiger partial charge >= 0.3 is 0 Å². The van der Waals surface area contributed by atoms with Gasteiger partial charge in [-0.3, -0.25) is 20.2 Å². The molecule has 2 amide bonds. The van der Waals surface area contributed by atoms with Gasteiger partial charge in [0.05, 0.1) is 23.8 Å². The Balaban J connectivity index is 2.37. The lowest BCUT2D eigenvalue weighted by molar-refractivity contribution is -0.140. The predicted octanol–water partition coefficient (Wildman–Crippen LogP) is 3.68. The number of nitrogens with one attached hydrogen (secondary N) is 2. The first kappa shape index (κ1) is 27.1. The molecule has 0 aliphatic heterocycles. The van der Waals surface area contributed by atoms with Gasteiger partial charge in [0.2, 0.25) is 21.8 Å². The van der Waals surface area contributed by atoms with Crippen LogP contribution >= 0.6 is 0 Å². The molecule has 0 aliphatic carbocycles. The van der Waals surface area contributed by atoms with E-state index in [0.29, 0.717) is 17.7 Å². The highest BCUT2D eigenvalue weighted by atomic mass is 32.2. The summed E-state index contributed by atoms with van der Waals surface area (Å²) in [6, 6.07) is 16.2. The third-order valence-corrected chi connectivity index (χ3v) is 6.32. The highest BCUT2D eigenvalue weighted by Gasteiger charge is 2.35. The third-order valence-electron chi connectivity index (χ3n) is 5.37. The summed E-state index contributed by atoms with van der Waals surface area (Å²) >= 11 is 0. The summed E-state index contributed by atoms with van der Waals surface area (Å²) in [4.78, 5) is 26.0. The minimum absolute atomic E-state index is 0.0352. The quantitative estimate of drug-likeness (QED) is 0.330. The summed E-state index contributed by atoms with van der Waals surface area (Å²) in [5.41, 5.74) is 6.07. The monoisotopic (exact) mass is 487 g/mol. The van der Waals surface area contributed by atoms with E-state index in [2.05, 4.69) is 5.43 Å². The zero-order chi connectivity index (χ0) is 25.3. The number of nitrogens with zero attached hydrogens (tertiary/aromatic N) is 1. The van der Waals surface area contributed by atoms with E-state index in [0.717, 1.165) is 16.2 Å². The number of allylic oxidation sites excluding steroid dienone is 1. The fourth-order valence-electron chi connectivity index (χ4n) is 3.71. The van der Waals surface area contributed by atoms with Gasteiger partial charge in [-0.25, -0.2) is 13.9 Å². The minimum atomic E-state index is -3.86. The van der Waals surface area contributed by atoms with E-state index in [1.54, 1.807) is 42.7 Å². The number of carbonyl (C=O) groups excluding carboxylic acids is 2. The van der Waals surface area contributed by atoms with Crippen LogP contribution < -0.4 is 15.3 Å². The van der Waals surface area contributed by atoms with Crippen LogP contribution in [0.25, 0.3) is 6.08 Å². The van der Waals surface area contributed by atoms with Gasteiger partial charge < -0.3 is 0 Å². The number of aryl methyl sites for hydroxylation is 1. The van der Waals surface area contributed by atoms with Crippen molar-refractivity contribution in [3.63, 3.8) is 0 Å². The average molecular weight is 488 g/mol. The van der Waals surface area contributed by atoms with E-state index in [1.165, 1.54) is 0 Å². The Morgan fingerprint density at radius 3 is 2.18 bits per heavy atom. The highest BCUT2D eigenvalue weighted by Crippen LogP contribution is 2.27. The summed E-state index contributed by atoms with van der Waals surface area (Å²) in [5.74, 6) is -3.09. The molecule has 2 rings (SSSR count). The number of carbonyl (C=O) groups is 2. The molecular formula is C25H33N3O5S. The van der Waals surface area contributed by atoms with Crippen molar-refractivity contribution in [2.45, 2.75) is 33.6 Å². The molecule has 0 heterocycles. The Bertz CT molecular complexity index is 1100. The summed E-state index contributed by atoms with van der Waals surface area (Å²) in [6.07, 6.45) is 5.09. The van der Waals surface area contributed by atoms with Gasteiger partial charge in [0.15, 0.2) is 0 Å². The molecule has 3 N–H and O–H groups in total. The van der Waals surface area contributed by atoms with Crippen LogP contribution in [0.2, 0.25) is 0 Å². The third kappa shape index (κ3) is 7.71. The number of amides is 2. The molecule has 8 nitrogen and oxygen atoms in total. The van der Waals surface area contributed by atoms with Crippen LogP contribution in [0.4, 0.5) is 5.69 Å². The van der Waals surface area contributed by atoms with Crippen molar-refractivity contribution in [3.05, 3.63) is 71.8 Å². The lowest BCUT2D eigenvalue weighted by Crippen LogP contribution is -2.51. The predicted molar refractivity (Wildman–Crippen MR) is 133 cm³/mol. The maximum atomic E-state index is 13.4. The second kappa shape index (κ2) is 12.3. The van der Waals surface area contributed by atoms with Crippen molar-refractivity contribution < 1.29 is 23.2 Å². The zero-order valence-electron chi connectivity index (χ0n) is 19.9. The molecule has 0 fully saturated rings. The van der Waals surface area contributed by atoms with Gasteiger partial charge in [-0.15, -0.1) is 0 Å². The molecular weight excluding hydrogens is 454 g/mol. The molecule has 0 aromatic heterocycles. The molecule has 34 heavy (non-hydrogen) atoms. The van der Waals surface area contributed by atoms with E-state index >= 15 is 0 Å². The summed E-state index contributed by atoms with van der Waals surface area (Å²) in [6.45, 7) is 5.55. The number of para-hydroxylation sites is 1. The highest BCUT2D eigenvalue weighted by molar-refractivity contribution is 7.92. The SMILES string of the molecule is Cc1ccccc1N(NC(=O)[C@H](CC(C)C)[C@H](CC=Cc1ccccc1)C(=O)NO)S(C)(=O)=O. The van der Waals surface area contributed by atoms with E-state index in [-0.39, 0.29) is 12.3 Å². The lowest BCUT2D eigenvalue weighted by Gasteiger charge is -2.30. The topological polar surface area (TPSA) is 116 Å². The fraction of sp³-hybridized carbons (Fsp3) is 0.360. The van der Waals surface area contributed by atoms with E-state index in [1.807, 2.05) is 50.3 Å². The Morgan fingerprint density at radius 2 is 1.62 bits per heavy atom. The number of sulfonamides is 1. The first-order valence-electron chi connectivity index (χ1n) is 11.1. The molecule has 0 aliphatic rings. The molecule has 0 unspecified atom stereocenters. The Morgan fingerprint density at radius 1 is 1.00 bits per heavy atom. The van der Waals surface area contributed by atoms with Gasteiger partial charge in [-0.2, -0.15) is 4.41 Å². The van der Waals surface area contributed by atoms with E-state index < -0.39 is 33.7 Å². The Kier molecular flexibility index (Phi) is 9.83. The van der Waals surface area contributed by atoms with E-state index in [9.17, 15) is 23.2 Å². The standard InChI is InChI=1S/C25H33N3O5S/c1-18(2)17-22(21(25(30)27-31)15-10-14-20-12-6-5-7-13-20)24(29)26-28(34(4,32)33)23-16-9-8-11-19(23)3/h5-14,16,18,21-22,31H,15,17H2,1-4H3,(H,26,29)(H,27,30)/t21-,22+/m0/s1. The normalized spacial score (nSPS) is 13.5. The first-order chi connectivity index (χ1) is 16.0. The van der Waals surface area contributed by atoms with Gasteiger partial charge in [0.1, 0.15) is 0 Å². The molecule has 2 aromatic rings. The number of benzene rings is 2. The number of rotatable bonds is 11. The van der Waals surface area contributed by atoms with Crippen LogP contribution in [-0.2, 0) is 19.6 Å². The van der Waals surface area contributed by atoms with Crippen LogP contribution in [0.15, 0.2) is 60.7 Å². The number of hydrogen-bond donors (Lipinski definition) is 3. The van der Waals surface area contributed by atoms with Crippen LogP contribution in [0.1, 0.15) is 37.8 Å². The van der Waals surface area contributed by atoms with Crippen LogP contribution in [0, 0.1) is 24.7 Å². The van der Waals surface area contributed by atoms with Gasteiger partial charge in [0, 0.05) is 0 Å². The summed E-state index contributed by atoms with van der Waals surface area (Å²) < 4.78 is 25.9. The molecule has 9 heteroatoms. The van der Waals surface area contributed by atoms with Crippen LogP contribution in [-0.4, -0.2) is 31.7 Å². The number of anilines is 1. The molecule has 184 valence electrons. The summed E-state index contributed by atoms with van der Waals surface area (Å²) in [5, 5.41) is 9.35. The Hall–Kier alpha value is -3.17. The van der Waals surface area contributed by atoms with Crippen molar-refractivity contribution in [3.8, 4) is 0 Å². The summed E-state index contributed by atoms with van der Waals surface area (Å²) in [7, 11) is -3.86. The first-order valence-corrected chi connectivity index (χ1v) is 12.9. The maximum absolute atomic E-state index is 13.4. The van der Waals surface area contributed by atoms with Gasteiger partial charge in [-0.05, 0) is 42.9 Å². The van der Waals surface area contributed by atoms with Crippen molar-refractivity contribution in [1.82, 2.24) is 10.9 Å². The number of hydrazine groups is 1. The molecule has 0 spiro atoms. The second-order valence-corrected chi connectivity index (χ2v) is 10.5. The molecule has 0 saturated carbocycles. The maximum Gasteiger partial charge on any atom is 0.249 e. The van der Waals surface area contributed by atoms with Gasteiger partial charge in [0.25, 0.3) is 0 Å². The van der Waals surface area contributed by atoms with E-state index in [4.69, 9.17) is 0 Å². The Labute approximate surface area is 201 Å². The molecule has 2 aromatic carbocycles. The number of hydroxylamine groups is 1. The van der Waals surface area contributed by atoms with Crippen LogP contribution in [0.3, 0.4) is 0 Å².